The van der Waals surface area contributed by atoms with Gasteiger partial charge in [0, 0.05) is 12.5 Å². The summed E-state index contributed by atoms with van der Waals surface area (Å²) in [6, 6.07) is 0. The fourth-order valence-corrected chi connectivity index (χ4v) is 1.07. The van der Waals surface area contributed by atoms with Crippen molar-refractivity contribution < 1.29 is 9.47 Å². The highest BCUT2D eigenvalue weighted by molar-refractivity contribution is 4.70. The zero-order valence-corrected chi connectivity index (χ0v) is 8.09. The van der Waals surface area contributed by atoms with Crippen LogP contribution in [0.5, 0.6) is 0 Å². The van der Waals surface area contributed by atoms with E-state index in [4.69, 9.17) is 9.47 Å². The molecule has 1 aliphatic rings. The summed E-state index contributed by atoms with van der Waals surface area (Å²) in [5, 5.41) is 0. The summed E-state index contributed by atoms with van der Waals surface area (Å²) in [4.78, 5) is 0. The molecule has 1 aliphatic heterocycles. The van der Waals surface area contributed by atoms with Gasteiger partial charge in [0.25, 0.3) is 0 Å². The van der Waals surface area contributed by atoms with Gasteiger partial charge in [0.2, 0.25) is 0 Å². The van der Waals surface area contributed by atoms with Gasteiger partial charge in [0.15, 0.2) is 0 Å². The third-order valence-corrected chi connectivity index (χ3v) is 1.68. The van der Waals surface area contributed by atoms with Gasteiger partial charge in [-0.05, 0) is 6.92 Å². The van der Waals surface area contributed by atoms with Gasteiger partial charge in [-0.2, -0.15) is 0 Å². The van der Waals surface area contributed by atoms with Crippen LogP contribution in [-0.4, -0.2) is 25.9 Å². The van der Waals surface area contributed by atoms with E-state index in [9.17, 15) is 0 Å². The minimum atomic E-state index is 0.356. The molecule has 1 rings (SSSR count). The minimum Gasteiger partial charge on any atom is -0.378 e. The van der Waals surface area contributed by atoms with E-state index in [0.717, 1.165) is 19.8 Å². The molecule has 11 heavy (non-hydrogen) atoms. The van der Waals surface area contributed by atoms with Crippen molar-refractivity contribution >= 4 is 0 Å². The third kappa shape index (κ3) is 3.73. The maximum atomic E-state index is 5.39. The Balaban J connectivity index is 0.000000461. The molecule has 0 aromatic rings. The molecule has 1 saturated heterocycles. The van der Waals surface area contributed by atoms with E-state index < -0.39 is 0 Å². The van der Waals surface area contributed by atoms with Crippen molar-refractivity contribution in [1.82, 2.24) is 0 Å². The second kappa shape index (κ2) is 6.62. The Labute approximate surface area is 69.9 Å². The topological polar surface area (TPSA) is 18.5 Å². The summed E-state index contributed by atoms with van der Waals surface area (Å²) in [5.41, 5.74) is 0. The Morgan fingerprint density at radius 2 is 2.00 bits per heavy atom. The Morgan fingerprint density at radius 1 is 1.36 bits per heavy atom. The van der Waals surface area contributed by atoms with E-state index in [1.54, 1.807) is 0 Å². The minimum absolute atomic E-state index is 0.356. The van der Waals surface area contributed by atoms with E-state index in [1.807, 2.05) is 20.8 Å². The smallest absolute Gasteiger partial charge is 0.0855 e. The van der Waals surface area contributed by atoms with Crippen LogP contribution in [0.1, 0.15) is 27.7 Å². The van der Waals surface area contributed by atoms with E-state index >= 15 is 0 Å². The number of rotatable bonds is 2. The van der Waals surface area contributed by atoms with Crippen LogP contribution in [0.3, 0.4) is 0 Å². The number of ether oxygens (including phenoxy) is 2. The van der Waals surface area contributed by atoms with E-state index in [1.165, 1.54) is 0 Å². The van der Waals surface area contributed by atoms with Crippen molar-refractivity contribution in [3.05, 3.63) is 0 Å². The lowest BCUT2D eigenvalue weighted by molar-refractivity contribution is 0.0371. The summed E-state index contributed by atoms with van der Waals surface area (Å²) in [7, 11) is 0. The van der Waals surface area contributed by atoms with Gasteiger partial charge in [-0.1, -0.05) is 20.8 Å². The second-order valence-electron chi connectivity index (χ2n) is 2.51. The number of hydrogen-bond acceptors (Lipinski definition) is 2. The first-order chi connectivity index (χ1) is 5.34. The molecule has 0 aromatic carbocycles. The van der Waals surface area contributed by atoms with E-state index in [0.29, 0.717) is 12.0 Å². The molecule has 0 aromatic heterocycles. The molecule has 2 heteroatoms. The van der Waals surface area contributed by atoms with Gasteiger partial charge in [-0.3, -0.25) is 0 Å². The van der Waals surface area contributed by atoms with Crippen molar-refractivity contribution in [2.45, 2.75) is 33.8 Å². The Kier molecular flexibility index (Phi) is 6.57. The van der Waals surface area contributed by atoms with Gasteiger partial charge in [0.05, 0.1) is 19.3 Å². The van der Waals surface area contributed by atoms with Gasteiger partial charge >= 0.3 is 0 Å². The lowest BCUT2D eigenvalue weighted by atomic mass is 10.1. The fraction of sp³-hybridized carbons (Fsp3) is 1.00. The Hall–Kier alpha value is -0.0800. The van der Waals surface area contributed by atoms with Gasteiger partial charge in [-0.25, -0.2) is 0 Å². The fourth-order valence-electron chi connectivity index (χ4n) is 1.07. The molecule has 0 bridgehead atoms. The summed E-state index contributed by atoms with van der Waals surface area (Å²) in [5.74, 6) is 0.588. The van der Waals surface area contributed by atoms with Crippen LogP contribution in [0.15, 0.2) is 0 Å². The Bertz CT molecular complexity index is 83.6. The summed E-state index contributed by atoms with van der Waals surface area (Å²) >= 11 is 0. The third-order valence-electron chi connectivity index (χ3n) is 1.68. The molecule has 2 unspecified atom stereocenters. The molecule has 0 aliphatic carbocycles. The molecule has 1 fully saturated rings. The number of hydrogen-bond donors (Lipinski definition) is 0. The van der Waals surface area contributed by atoms with Crippen LogP contribution in [0.25, 0.3) is 0 Å². The molecular formula is C9H20O2. The molecule has 68 valence electrons. The molecule has 0 amide bonds. The first kappa shape index (κ1) is 10.9. The van der Waals surface area contributed by atoms with Crippen LogP contribution >= 0.6 is 0 Å². The van der Waals surface area contributed by atoms with E-state index in [-0.39, 0.29) is 0 Å². The van der Waals surface area contributed by atoms with Crippen molar-refractivity contribution in [1.29, 1.82) is 0 Å². The standard InChI is InChI=1S/C7H14O2.C2H6/c1-3-9-7-5-8-4-6(7)2;1-2/h6-7H,3-5H2,1-2H3;1-2H3. The quantitative estimate of drug-likeness (QED) is 0.615. The van der Waals surface area contributed by atoms with Crippen molar-refractivity contribution in [2.24, 2.45) is 5.92 Å². The predicted molar refractivity (Wildman–Crippen MR) is 46.7 cm³/mol. The first-order valence-corrected chi connectivity index (χ1v) is 4.54. The lowest BCUT2D eigenvalue weighted by Crippen LogP contribution is -2.19. The van der Waals surface area contributed by atoms with Crippen LogP contribution in [0.4, 0.5) is 0 Å². The molecule has 0 saturated carbocycles. The predicted octanol–water partition coefficient (Wildman–Crippen LogP) is 2.08. The highest BCUT2D eigenvalue weighted by atomic mass is 16.5. The average Bonchev–Trinajstić information content (AvgIpc) is 2.42. The molecule has 0 spiro atoms. The molecule has 2 atom stereocenters. The van der Waals surface area contributed by atoms with E-state index in [2.05, 4.69) is 6.92 Å². The van der Waals surface area contributed by atoms with Crippen molar-refractivity contribution in [3.63, 3.8) is 0 Å². The van der Waals surface area contributed by atoms with Crippen LogP contribution in [-0.2, 0) is 9.47 Å². The maximum Gasteiger partial charge on any atom is 0.0855 e. The normalized spacial score (nSPS) is 29.5. The van der Waals surface area contributed by atoms with Gasteiger partial charge in [-0.15, -0.1) is 0 Å². The Morgan fingerprint density at radius 3 is 2.36 bits per heavy atom. The molecular weight excluding hydrogens is 140 g/mol. The van der Waals surface area contributed by atoms with Gasteiger partial charge in [0.1, 0.15) is 0 Å². The lowest BCUT2D eigenvalue weighted by Gasteiger charge is -2.11. The summed E-state index contributed by atoms with van der Waals surface area (Å²) < 4.78 is 10.6. The van der Waals surface area contributed by atoms with Crippen LogP contribution in [0.2, 0.25) is 0 Å². The van der Waals surface area contributed by atoms with Gasteiger partial charge < -0.3 is 9.47 Å². The average molecular weight is 160 g/mol. The maximum absolute atomic E-state index is 5.39. The summed E-state index contributed by atoms with van der Waals surface area (Å²) in [6.45, 7) is 10.6. The zero-order valence-electron chi connectivity index (χ0n) is 8.09. The van der Waals surface area contributed by atoms with Crippen LogP contribution < -0.4 is 0 Å². The molecule has 0 radical (unpaired) electrons. The van der Waals surface area contributed by atoms with Crippen molar-refractivity contribution in [3.8, 4) is 0 Å². The molecule has 2 nitrogen and oxygen atoms in total. The largest absolute Gasteiger partial charge is 0.378 e. The molecule has 1 heterocycles. The highest BCUT2D eigenvalue weighted by Gasteiger charge is 2.23. The zero-order chi connectivity index (χ0) is 8.69. The summed E-state index contributed by atoms with van der Waals surface area (Å²) in [6.07, 6.45) is 0.356. The van der Waals surface area contributed by atoms with Crippen molar-refractivity contribution in [2.75, 3.05) is 19.8 Å². The second-order valence-corrected chi connectivity index (χ2v) is 2.51. The first-order valence-electron chi connectivity index (χ1n) is 4.54. The molecule has 0 N–H and O–H groups in total. The van der Waals surface area contributed by atoms with Crippen LogP contribution in [0, 0.1) is 5.92 Å². The SMILES string of the molecule is CC.CCOC1COCC1C. The highest BCUT2D eigenvalue weighted by Crippen LogP contribution is 2.15. The monoisotopic (exact) mass is 160 g/mol.